The van der Waals surface area contributed by atoms with Gasteiger partial charge in [0.1, 0.15) is 0 Å². The Labute approximate surface area is 134 Å². The molecule has 126 valence electrons. The average Bonchev–Trinajstić information content (AvgIpc) is 3.04. The van der Waals surface area contributed by atoms with Gasteiger partial charge in [-0.3, -0.25) is 4.79 Å². The van der Waals surface area contributed by atoms with Crippen LogP contribution in [0.15, 0.2) is 12.4 Å². The molecule has 2 fully saturated rings. The van der Waals surface area contributed by atoms with Gasteiger partial charge in [0.15, 0.2) is 5.82 Å². The molecule has 2 aliphatic heterocycles. The lowest BCUT2D eigenvalue weighted by Gasteiger charge is -2.26. The topological polar surface area (TPSA) is 76.6 Å². The van der Waals surface area contributed by atoms with Crippen LogP contribution in [-0.2, 0) is 14.3 Å². The first-order valence-electron chi connectivity index (χ1n) is 7.69. The number of halogens is 1. The quantitative estimate of drug-likeness (QED) is 0.755. The van der Waals surface area contributed by atoms with E-state index in [9.17, 15) is 9.18 Å². The van der Waals surface area contributed by atoms with E-state index in [1.165, 1.54) is 0 Å². The van der Waals surface area contributed by atoms with Gasteiger partial charge in [-0.05, 0) is 0 Å². The van der Waals surface area contributed by atoms with Crippen molar-refractivity contribution in [1.29, 1.82) is 0 Å². The molecule has 0 spiro atoms. The minimum absolute atomic E-state index is 0.000533. The molecule has 2 atom stereocenters. The second-order valence-corrected chi connectivity index (χ2v) is 6.18. The minimum atomic E-state index is -0.455. The van der Waals surface area contributed by atoms with E-state index in [0.29, 0.717) is 45.3 Å². The Hall–Kier alpha value is -1.80. The number of hydrogen-bond donors (Lipinski definition) is 1. The van der Waals surface area contributed by atoms with Crippen LogP contribution in [0.3, 0.4) is 0 Å². The molecule has 8 heteroatoms. The lowest BCUT2D eigenvalue weighted by atomic mass is 9.78. The molecule has 0 bridgehead atoms. The van der Waals surface area contributed by atoms with Gasteiger partial charge in [0.25, 0.3) is 0 Å². The van der Waals surface area contributed by atoms with Crippen LogP contribution in [-0.4, -0.2) is 62.4 Å². The monoisotopic (exact) mass is 324 g/mol. The number of anilines is 1. The van der Waals surface area contributed by atoms with Crippen LogP contribution in [0.25, 0.3) is 0 Å². The number of amides is 1. The summed E-state index contributed by atoms with van der Waals surface area (Å²) in [6.45, 7) is 3.53. The summed E-state index contributed by atoms with van der Waals surface area (Å²) >= 11 is 0. The summed E-state index contributed by atoms with van der Waals surface area (Å²) in [5.74, 6) is 0.299. The Morgan fingerprint density at radius 2 is 2.35 bits per heavy atom. The maximum atomic E-state index is 13.0. The van der Waals surface area contributed by atoms with Crippen molar-refractivity contribution in [2.45, 2.75) is 6.42 Å². The molecule has 1 aromatic heterocycles. The molecule has 1 amide bonds. The molecule has 23 heavy (non-hydrogen) atoms. The van der Waals surface area contributed by atoms with E-state index < -0.39 is 5.82 Å². The molecule has 2 saturated heterocycles. The average molecular weight is 324 g/mol. The molecule has 0 unspecified atom stereocenters. The van der Waals surface area contributed by atoms with Gasteiger partial charge >= 0.3 is 0 Å². The summed E-state index contributed by atoms with van der Waals surface area (Å²) in [5, 5.41) is 2.86. The molecular formula is C15H21FN4O3. The second-order valence-electron chi connectivity index (χ2n) is 6.18. The highest BCUT2D eigenvalue weighted by atomic mass is 19.1. The zero-order valence-electron chi connectivity index (χ0n) is 13.1. The van der Waals surface area contributed by atoms with Crippen molar-refractivity contribution < 1.29 is 18.7 Å². The summed E-state index contributed by atoms with van der Waals surface area (Å²) in [6, 6.07) is 0. The fourth-order valence-electron chi connectivity index (χ4n) is 3.38. The number of fused-ring (bicyclic) bond motifs is 1. The van der Waals surface area contributed by atoms with E-state index in [0.717, 1.165) is 18.9 Å². The number of carbonyl (C=O) groups is 1. The predicted octanol–water partition coefficient (Wildman–Crippen LogP) is 0.221. The fourth-order valence-corrected chi connectivity index (χ4v) is 3.38. The molecule has 2 aliphatic rings. The van der Waals surface area contributed by atoms with Crippen molar-refractivity contribution in [3.63, 3.8) is 0 Å². The van der Waals surface area contributed by atoms with Crippen LogP contribution in [0.2, 0.25) is 0 Å². The molecule has 0 saturated carbocycles. The van der Waals surface area contributed by atoms with Gasteiger partial charge in [-0.2, -0.15) is 0 Å². The van der Waals surface area contributed by atoms with Gasteiger partial charge in [0.2, 0.25) is 11.9 Å². The maximum Gasteiger partial charge on any atom is 0.225 e. The highest BCUT2D eigenvalue weighted by molar-refractivity contribution is 5.77. The first-order chi connectivity index (χ1) is 11.1. The summed E-state index contributed by atoms with van der Waals surface area (Å²) in [5.41, 5.74) is -0.227. The Kier molecular flexibility index (Phi) is 4.72. The molecule has 0 radical (unpaired) electrons. The number of methoxy groups -OCH3 is 1. The van der Waals surface area contributed by atoms with Crippen molar-refractivity contribution in [1.82, 2.24) is 15.3 Å². The van der Waals surface area contributed by atoms with Crippen LogP contribution in [0.1, 0.15) is 6.42 Å². The Morgan fingerprint density at radius 3 is 3.09 bits per heavy atom. The molecule has 0 aromatic carbocycles. The number of nitrogens with zero attached hydrogens (tertiary/aromatic N) is 3. The van der Waals surface area contributed by atoms with Crippen LogP contribution in [0, 0.1) is 17.2 Å². The summed E-state index contributed by atoms with van der Waals surface area (Å²) < 4.78 is 23.5. The van der Waals surface area contributed by atoms with E-state index in [1.54, 1.807) is 7.11 Å². The van der Waals surface area contributed by atoms with Crippen molar-refractivity contribution in [3.05, 3.63) is 18.2 Å². The Bertz CT molecular complexity index is 556. The first kappa shape index (κ1) is 16.1. The molecule has 1 N–H and O–H groups in total. The standard InChI is InChI=1S/C15H21FN4O3/c1-22-3-2-17-13(21)4-15-9-20(7-11(15)8-23-10-15)14-18-5-12(16)6-19-14/h5-6,11H,2-4,7-10H2,1H3,(H,17,21)/t11-,15+/m1/s1. The van der Waals surface area contributed by atoms with Gasteiger partial charge in [-0.25, -0.2) is 14.4 Å². The highest BCUT2D eigenvalue weighted by Crippen LogP contribution is 2.44. The van der Waals surface area contributed by atoms with Crippen LogP contribution >= 0.6 is 0 Å². The molecule has 3 heterocycles. The van der Waals surface area contributed by atoms with E-state index in [1.807, 2.05) is 4.90 Å². The minimum Gasteiger partial charge on any atom is -0.383 e. The van der Waals surface area contributed by atoms with E-state index in [-0.39, 0.29) is 17.2 Å². The fraction of sp³-hybridized carbons (Fsp3) is 0.667. The molecule has 3 rings (SSSR count). The van der Waals surface area contributed by atoms with E-state index in [2.05, 4.69) is 15.3 Å². The van der Waals surface area contributed by atoms with Crippen molar-refractivity contribution in [3.8, 4) is 0 Å². The zero-order valence-corrected chi connectivity index (χ0v) is 13.1. The number of rotatable bonds is 6. The molecular weight excluding hydrogens is 303 g/mol. The van der Waals surface area contributed by atoms with Gasteiger partial charge in [-0.15, -0.1) is 0 Å². The number of aromatic nitrogens is 2. The summed E-state index contributed by atoms with van der Waals surface area (Å²) in [7, 11) is 1.60. The highest BCUT2D eigenvalue weighted by Gasteiger charge is 2.52. The third-order valence-electron chi connectivity index (χ3n) is 4.55. The number of carbonyl (C=O) groups excluding carboxylic acids is 1. The largest absolute Gasteiger partial charge is 0.383 e. The van der Waals surface area contributed by atoms with Crippen molar-refractivity contribution in [2.24, 2.45) is 11.3 Å². The Balaban J connectivity index is 1.65. The first-order valence-corrected chi connectivity index (χ1v) is 7.69. The van der Waals surface area contributed by atoms with Gasteiger partial charge < -0.3 is 19.7 Å². The van der Waals surface area contributed by atoms with Crippen LogP contribution in [0.5, 0.6) is 0 Å². The van der Waals surface area contributed by atoms with E-state index >= 15 is 0 Å². The Morgan fingerprint density at radius 1 is 1.57 bits per heavy atom. The summed E-state index contributed by atoms with van der Waals surface area (Å²) in [4.78, 5) is 22.3. The van der Waals surface area contributed by atoms with Crippen LogP contribution < -0.4 is 10.2 Å². The molecule has 1 aromatic rings. The predicted molar refractivity (Wildman–Crippen MR) is 80.4 cm³/mol. The lowest BCUT2D eigenvalue weighted by Crippen LogP contribution is -2.38. The second kappa shape index (κ2) is 6.76. The SMILES string of the molecule is COCCNC(=O)C[C@]12COC[C@H]1CN(c1ncc(F)cn1)C2. The number of hydrogen-bond acceptors (Lipinski definition) is 6. The zero-order chi connectivity index (χ0) is 16.3. The molecule has 7 nitrogen and oxygen atoms in total. The van der Waals surface area contributed by atoms with E-state index in [4.69, 9.17) is 9.47 Å². The summed E-state index contributed by atoms with van der Waals surface area (Å²) in [6.07, 6.45) is 2.73. The third-order valence-corrected chi connectivity index (χ3v) is 4.55. The van der Waals surface area contributed by atoms with Crippen LogP contribution in [0.4, 0.5) is 10.3 Å². The maximum absolute atomic E-state index is 13.0. The third kappa shape index (κ3) is 3.42. The van der Waals surface area contributed by atoms with Gasteiger partial charge in [0, 0.05) is 44.5 Å². The molecule has 0 aliphatic carbocycles. The number of ether oxygens (including phenoxy) is 2. The van der Waals surface area contributed by atoms with Gasteiger partial charge in [-0.1, -0.05) is 0 Å². The van der Waals surface area contributed by atoms with Gasteiger partial charge in [0.05, 0.1) is 32.2 Å². The lowest BCUT2D eigenvalue weighted by molar-refractivity contribution is -0.123. The van der Waals surface area contributed by atoms with Crippen molar-refractivity contribution >= 4 is 11.9 Å². The smallest absolute Gasteiger partial charge is 0.225 e. The van der Waals surface area contributed by atoms with Crippen molar-refractivity contribution in [2.75, 3.05) is 51.5 Å². The normalized spacial score (nSPS) is 26.3. The number of nitrogens with one attached hydrogen (secondary N) is 1.